The molecule has 1 atom stereocenters. The molecule has 0 bridgehead atoms. The Labute approximate surface area is 137 Å². The van der Waals surface area contributed by atoms with E-state index in [1.807, 2.05) is 12.1 Å². The number of benzene rings is 1. The summed E-state index contributed by atoms with van der Waals surface area (Å²) in [6, 6.07) is 3.79. The number of aromatic nitrogens is 2. The van der Waals surface area contributed by atoms with E-state index in [0.29, 0.717) is 28.8 Å². The summed E-state index contributed by atoms with van der Waals surface area (Å²) in [7, 11) is 4.72. The first-order valence-corrected chi connectivity index (χ1v) is 7.97. The van der Waals surface area contributed by atoms with Crippen molar-refractivity contribution in [1.29, 1.82) is 0 Å². The van der Waals surface area contributed by atoms with Gasteiger partial charge in [-0.1, -0.05) is 0 Å². The zero-order valence-corrected chi connectivity index (χ0v) is 13.8. The smallest absolute Gasteiger partial charge is 0.235 e. The predicted molar refractivity (Wildman–Crippen MR) is 87.6 cm³/mol. The number of ether oxygens (including phenoxy) is 3. The van der Waals surface area contributed by atoms with Gasteiger partial charge in [-0.2, -0.15) is 5.10 Å². The lowest BCUT2D eigenvalue weighted by atomic mass is 10.0. The molecule has 7 nitrogen and oxygen atoms in total. The molecule has 2 N–H and O–H groups in total. The first kappa shape index (κ1) is 15.5. The van der Waals surface area contributed by atoms with Crippen LogP contribution in [-0.2, 0) is 4.79 Å². The lowest BCUT2D eigenvalue weighted by molar-refractivity contribution is -0.113. The molecule has 2 heterocycles. The Morgan fingerprint density at radius 1 is 1.17 bits per heavy atom. The molecule has 0 saturated heterocycles. The molecule has 1 aromatic carbocycles. The van der Waals surface area contributed by atoms with Crippen LogP contribution in [0.15, 0.2) is 18.3 Å². The lowest BCUT2D eigenvalue weighted by Crippen LogP contribution is -2.12. The fourth-order valence-corrected chi connectivity index (χ4v) is 3.62. The number of methoxy groups -OCH3 is 3. The van der Waals surface area contributed by atoms with E-state index in [9.17, 15) is 4.79 Å². The number of nitrogens with one attached hydrogen (secondary N) is 2. The molecule has 2 aromatic rings. The van der Waals surface area contributed by atoms with Gasteiger partial charge in [-0.25, -0.2) is 0 Å². The Balaban J connectivity index is 2.10. The third-order valence-electron chi connectivity index (χ3n) is 3.59. The maximum atomic E-state index is 11.8. The van der Waals surface area contributed by atoms with Gasteiger partial charge >= 0.3 is 0 Å². The first-order valence-electron chi connectivity index (χ1n) is 6.92. The van der Waals surface area contributed by atoms with Gasteiger partial charge in [0.25, 0.3) is 0 Å². The van der Waals surface area contributed by atoms with Crippen molar-refractivity contribution in [3.63, 3.8) is 0 Å². The Morgan fingerprint density at radius 2 is 1.87 bits per heavy atom. The number of fused-ring (bicyclic) bond motifs is 1. The minimum absolute atomic E-state index is 0.0598. The van der Waals surface area contributed by atoms with Crippen molar-refractivity contribution in [2.45, 2.75) is 5.25 Å². The maximum Gasteiger partial charge on any atom is 0.235 e. The first-order chi connectivity index (χ1) is 11.2. The van der Waals surface area contributed by atoms with E-state index in [0.717, 1.165) is 11.1 Å². The van der Waals surface area contributed by atoms with Gasteiger partial charge in [0.15, 0.2) is 11.5 Å². The highest BCUT2D eigenvalue weighted by molar-refractivity contribution is 8.00. The Morgan fingerprint density at radius 3 is 2.48 bits per heavy atom. The van der Waals surface area contributed by atoms with Crippen molar-refractivity contribution in [2.75, 3.05) is 32.4 Å². The highest BCUT2D eigenvalue weighted by Gasteiger charge is 2.27. The Kier molecular flexibility index (Phi) is 4.33. The van der Waals surface area contributed by atoms with E-state index < -0.39 is 0 Å². The van der Waals surface area contributed by atoms with Gasteiger partial charge in [0.2, 0.25) is 11.7 Å². The molecule has 0 spiro atoms. The van der Waals surface area contributed by atoms with Crippen LogP contribution >= 0.6 is 11.8 Å². The molecule has 1 aliphatic heterocycles. The molecule has 3 rings (SSSR count). The van der Waals surface area contributed by atoms with Gasteiger partial charge < -0.3 is 19.5 Å². The molecule has 0 fully saturated rings. The normalized spacial score (nSPS) is 17.0. The average Bonchev–Trinajstić information content (AvgIpc) is 2.95. The number of thioether (sulfide) groups is 1. The van der Waals surface area contributed by atoms with Gasteiger partial charge in [0, 0.05) is 5.56 Å². The van der Waals surface area contributed by atoms with Crippen LogP contribution in [0, 0.1) is 0 Å². The molecule has 23 heavy (non-hydrogen) atoms. The number of aromatic amines is 1. The number of carbonyl (C=O) groups is 1. The molecule has 0 radical (unpaired) electrons. The van der Waals surface area contributed by atoms with Crippen LogP contribution in [0.3, 0.4) is 0 Å². The van der Waals surface area contributed by atoms with Gasteiger partial charge in [-0.3, -0.25) is 9.89 Å². The topological polar surface area (TPSA) is 85.5 Å². The van der Waals surface area contributed by atoms with Crippen molar-refractivity contribution >= 4 is 23.5 Å². The molecular formula is C15H17N3O4S. The number of rotatable bonds is 4. The SMILES string of the molecule is COc1cc([C@H]2SCC(=O)Nc3[nH]ncc32)cc(OC)c1OC. The van der Waals surface area contributed by atoms with Crippen molar-refractivity contribution in [3.8, 4) is 17.2 Å². The minimum Gasteiger partial charge on any atom is -0.493 e. The van der Waals surface area contributed by atoms with Gasteiger partial charge in [0.1, 0.15) is 5.82 Å². The number of anilines is 1. The van der Waals surface area contributed by atoms with E-state index >= 15 is 0 Å². The molecule has 8 heteroatoms. The second-order valence-corrected chi connectivity index (χ2v) is 5.99. The summed E-state index contributed by atoms with van der Waals surface area (Å²) in [6.07, 6.45) is 1.72. The van der Waals surface area contributed by atoms with Crippen LogP contribution in [0.5, 0.6) is 17.2 Å². The van der Waals surface area contributed by atoms with Gasteiger partial charge in [-0.15, -0.1) is 11.8 Å². The minimum atomic E-state index is -0.0728. The summed E-state index contributed by atoms with van der Waals surface area (Å²) in [5.41, 5.74) is 1.86. The van der Waals surface area contributed by atoms with Crippen molar-refractivity contribution in [1.82, 2.24) is 10.2 Å². The quantitative estimate of drug-likeness (QED) is 0.891. The third-order valence-corrected chi connectivity index (χ3v) is 4.87. The number of amides is 1. The largest absolute Gasteiger partial charge is 0.493 e. The van der Waals surface area contributed by atoms with Crippen LogP contribution in [0.2, 0.25) is 0 Å². The zero-order valence-electron chi connectivity index (χ0n) is 13.0. The van der Waals surface area contributed by atoms with E-state index in [-0.39, 0.29) is 11.2 Å². The number of H-pyrrole nitrogens is 1. The van der Waals surface area contributed by atoms with Gasteiger partial charge in [0.05, 0.1) is 38.5 Å². The lowest BCUT2D eigenvalue weighted by Gasteiger charge is -2.18. The number of carbonyl (C=O) groups excluding carboxylic acids is 1. The van der Waals surface area contributed by atoms with Crippen LogP contribution < -0.4 is 19.5 Å². The fraction of sp³-hybridized carbons (Fsp3) is 0.333. The predicted octanol–water partition coefficient (Wildman–Crippen LogP) is 2.21. The molecule has 1 amide bonds. The Hall–Kier alpha value is -2.35. The summed E-state index contributed by atoms with van der Waals surface area (Å²) in [5.74, 6) is 2.62. The second kappa shape index (κ2) is 6.41. The van der Waals surface area contributed by atoms with Crippen molar-refractivity contribution < 1.29 is 19.0 Å². The molecule has 1 aromatic heterocycles. The molecule has 0 aliphatic carbocycles. The number of hydrogen-bond acceptors (Lipinski definition) is 6. The summed E-state index contributed by atoms with van der Waals surface area (Å²) in [5, 5.41) is 9.60. The summed E-state index contributed by atoms with van der Waals surface area (Å²) in [6.45, 7) is 0. The summed E-state index contributed by atoms with van der Waals surface area (Å²) < 4.78 is 16.2. The van der Waals surface area contributed by atoms with Crippen LogP contribution in [0.1, 0.15) is 16.4 Å². The molecule has 122 valence electrons. The third kappa shape index (κ3) is 2.81. The van der Waals surface area contributed by atoms with Crippen LogP contribution in [0.4, 0.5) is 5.82 Å². The van der Waals surface area contributed by atoms with Crippen molar-refractivity contribution in [2.24, 2.45) is 0 Å². The van der Waals surface area contributed by atoms with Crippen molar-refractivity contribution in [3.05, 3.63) is 29.5 Å². The second-order valence-electron chi connectivity index (χ2n) is 4.90. The highest BCUT2D eigenvalue weighted by atomic mass is 32.2. The fourth-order valence-electron chi connectivity index (χ4n) is 2.55. The molecule has 1 aliphatic rings. The summed E-state index contributed by atoms with van der Waals surface area (Å²) in [4.78, 5) is 11.8. The summed E-state index contributed by atoms with van der Waals surface area (Å²) >= 11 is 1.52. The molecule has 0 saturated carbocycles. The number of hydrogen-bond donors (Lipinski definition) is 2. The van der Waals surface area contributed by atoms with E-state index in [1.54, 1.807) is 27.5 Å². The monoisotopic (exact) mass is 335 g/mol. The number of nitrogens with zero attached hydrogens (tertiary/aromatic N) is 1. The maximum absolute atomic E-state index is 11.8. The zero-order chi connectivity index (χ0) is 16.4. The standard InChI is InChI=1S/C15H17N3O4S/c1-20-10-4-8(5-11(21-2)13(10)22-3)14-9-6-16-18-15(9)17-12(19)7-23-14/h4-6,14H,7H2,1-3H3,(H2,16,17,18,19)/t14-/m1/s1. The highest BCUT2D eigenvalue weighted by Crippen LogP contribution is 2.46. The van der Waals surface area contributed by atoms with Crippen LogP contribution in [0.25, 0.3) is 0 Å². The van der Waals surface area contributed by atoms with Crippen LogP contribution in [-0.4, -0.2) is 43.2 Å². The van der Waals surface area contributed by atoms with Gasteiger partial charge in [-0.05, 0) is 17.7 Å². The van der Waals surface area contributed by atoms with E-state index in [4.69, 9.17) is 14.2 Å². The Bertz CT molecular complexity index is 706. The van der Waals surface area contributed by atoms with E-state index in [1.165, 1.54) is 11.8 Å². The molecule has 0 unspecified atom stereocenters. The average molecular weight is 335 g/mol. The van der Waals surface area contributed by atoms with E-state index in [2.05, 4.69) is 15.5 Å². The molecular weight excluding hydrogens is 318 g/mol.